The molecule has 0 aliphatic rings. The van der Waals surface area contributed by atoms with Crippen LogP contribution < -0.4 is 5.32 Å². The SMILES string of the molecule is COCCNCCc1nnc(-c2ccc(Br)c(Cl)c2)s1. The van der Waals surface area contributed by atoms with Crippen LogP contribution in [0.4, 0.5) is 0 Å². The largest absolute Gasteiger partial charge is 0.383 e. The van der Waals surface area contributed by atoms with Gasteiger partial charge in [-0.05, 0) is 28.1 Å². The van der Waals surface area contributed by atoms with E-state index in [1.54, 1.807) is 18.4 Å². The van der Waals surface area contributed by atoms with Gasteiger partial charge in [0.1, 0.15) is 10.0 Å². The molecule has 1 N–H and O–H groups in total. The van der Waals surface area contributed by atoms with Crippen LogP contribution in [0.3, 0.4) is 0 Å². The van der Waals surface area contributed by atoms with Crippen molar-refractivity contribution in [2.45, 2.75) is 6.42 Å². The lowest BCUT2D eigenvalue weighted by Gasteiger charge is -2.01. The molecule has 0 radical (unpaired) electrons. The summed E-state index contributed by atoms with van der Waals surface area (Å²) in [6.07, 6.45) is 0.867. The van der Waals surface area contributed by atoms with Crippen molar-refractivity contribution in [1.29, 1.82) is 0 Å². The van der Waals surface area contributed by atoms with E-state index in [2.05, 4.69) is 31.4 Å². The summed E-state index contributed by atoms with van der Waals surface area (Å²) in [5.74, 6) is 0. The van der Waals surface area contributed by atoms with Crippen molar-refractivity contribution in [3.8, 4) is 10.6 Å². The van der Waals surface area contributed by atoms with Crippen LogP contribution in [0, 0.1) is 0 Å². The minimum absolute atomic E-state index is 0.681. The maximum Gasteiger partial charge on any atom is 0.147 e. The topological polar surface area (TPSA) is 47.0 Å². The summed E-state index contributed by atoms with van der Waals surface area (Å²) in [6.45, 7) is 2.45. The Morgan fingerprint density at radius 3 is 2.95 bits per heavy atom. The fourth-order valence-corrected chi connectivity index (χ4v) is 2.86. The van der Waals surface area contributed by atoms with Gasteiger partial charge in [-0.25, -0.2) is 0 Å². The van der Waals surface area contributed by atoms with Gasteiger partial charge in [-0.2, -0.15) is 0 Å². The molecule has 0 saturated heterocycles. The van der Waals surface area contributed by atoms with Crippen molar-refractivity contribution in [3.63, 3.8) is 0 Å². The van der Waals surface area contributed by atoms with Crippen LogP contribution in [0.2, 0.25) is 5.02 Å². The summed E-state index contributed by atoms with van der Waals surface area (Å²) in [5, 5.41) is 14.3. The lowest BCUT2D eigenvalue weighted by atomic mass is 10.2. The Balaban J connectivity index is 1.93. The third-order valence-corrected chi connectivity index (χ3v) is 4.90. The van der Waals surface area contributed by atoms with E-state index in [1.165, 1.54) is 0 Å². The Morgan fingerprint density at radius 2 is 2.20 bits per heavy atom. The van der Waals surface area contributed by atoms with Crippen molar-refractivity contribution < 1.29 is 4.74 Å². The number of halogens is 2. The van der Waals surface area contributed by atoms with Gasteiger partial charge in [0.2, 0.25) is 0 Å². The predicted octanol–water partition coefficient (Wildman–Crippen LogP) is 3.40. The monoisotopic (exact) mass is 375 g/mol. The van der Waals surface area contributed by atoms with Crippen LogP contribution in [-0.2, 0) is 11.2 Å². The number of rotatable bonds is 7. The molecule has 0 atom stereocenters. The molecular weight excluding hydrogens is 362 g/mol. The van der Waals surface area contributed by atoms with Crippen LogP contribution in [0.5, 0.6) is 0 Å². The highest BCUT2D eigenvalue weighted by molar-refractivity contribution is 9.10. The number of nitrogens with one attached hydrogen (secondary N) is 1. The summed E-state index contributed by atoms with van der Waals surface area (Å²) in [6, 6.07) is 5.80. The Kier molecular flexibility index (Phi) is 6.38. The molecule has 0 saturated carbocycles. The van der Waals surface area contributed by atoms with Gasteiger partial charge in [-0.1, -0.05) is 29.0 Å². The van der Waals surface area contributed by atoms with Gasteiger partial charge >= 0.3 is 0 Å². The average molecular weight is 377 g/mol. The second kappa shape index (κ2) is 8.05. The molecule has 1 heterocycles. The second-order valence-electron chi connectivity index (χ2n) is 4.12. The fourth-order valence-electron chi connectivity index (χ4n) is 1.60. The van der Waals surface area contributed by atoms with Gasteiger partial charge in [0.15, 0.2) is 0 Å². The molecule has 0 amide bonds. The molecule has 0 fully saturated rings. The Morgan fingerprint density at radius 1 is 1.35 bits per heavy atom. The maximum atomic E-state index is 6.09. The standard InChI is InChI=1S/C13H15BrClN3OS/c1-19-7-6-16-5-4-12-17-18-13(20-12)9-2-3-10(14)11(15)8-9/h2-3,8,16H,4-7H2,1H3. The first-order valence-corrected chi connectivity index (χ1v) is 8.17. The highest BCUT2D eigenvalue weighted by Crippen LogP contribution is 2.30. The average Bonchev–Trinajstić information content (AvgIpc) is 2.90. The first-order chi connectivity index (χ1) is 9.70. The minimum Gasteiger partial charge on any atom is -0.383 e. The predicted molar refractivity (Wildman–Crippen MR) is 86.5 cm³/mol. The van der Waals surface area contributed by atoms with Crippen molar-refractivity contribution in [1.82, 2.24) is 15.5 Å². The van der Waals surface area contributed by atoms with Gasteiger partial charge in [0, 0.05) is 36.7 Å². The summed E-state index contributed by atoms with van der Waals surface area (Å²) < 4.78 is 5.86. The number of ether oxygens (including phenoxy) is 1. The zero-order valence-corrected chi connectivity index (χ0v) is 14.2. The van der Waals surface area contributed by atoms with Crippen LogP contribution in [0.15, 0.2) is 22.7 Å². The molecule has 2 aromatic rings. The van der Waals surface area contributed by atoms with Gasteiger partial charge in [0.25, 0.3) is 0 Å². The van der Waals surface area contributed by atoms with Gasteiger partial charge in [0.05, 0.1) is 11.6 Å². The molecule has 1 aromatic heterocycles. The number of methoxy groups -OCH3 is 1. The maximum absolute atomic E-state index is 6.09. The fraction of sp³-hybridized carbons (Fsp3) is 0.385. The highest BCUT2D eigenvalue weighted by atomic mass is 79.9. The van der Waals surface area contributed by atoms with E-state index in [9.17, 15) is 0 Å². The highest BCUT2D eigenvalue weighted by Gasteiger charge is 2.08. The zero-order chi connectivity index (χ0) is 14.4. The van der Waals surface area contributed by atoms with E-state index in [0.717, 1.165) is 46.2 Å². The summed E-state index contributed by atoms with van der Waals surface area (Å²) >= 11 is 11.1. The molecule has 0 aliphatic carbocycles. The first-order valence-electron chi connectivity index (χ1n) is 6.18. The van der Waals surface area contributed by atoms with E-state index >= 15 is 0 Å². The van der Waals surface area contributed by atoms with Gasteiger partial charge in [-0.3, -0.25) is 0 Å². The van der Waals surface area contributed by atoms with Crippen LogP contribution >= 0.6 is 38.9 Å². The third kappa shape index (κ3) is 4.49. The van der Waals surface area contributed by atoms with Crippen LogP contribution in [-0.4, -0.2) is 37.0 Å². The van der Waals surface area contributed by atoms with Crippen molar-refractivity contribution >= 4 is 38.9 Å². The van der Waals surface area contributed by atoms with E-state index in [-0.39, 0.29) is 0 Å². The molecule has 0 aliphatic heterocycles. The van der Waals surface area contributed by atoms with Gasteiger partial charge in [-0.15, -0.1) is 10.2 Å². The van der Waals surface area contributed by atoms with Crippen molar-refractivity contribution in [2.75, 3.05) is 26.8 Å². The normalized spacial score (nSPS) is 10.9. The molecule has 1 aromatic carbocycles. The van der Waals surface area contributed by atoms with Gasteiger partial charge < -0.3 is 10.1 Å². The number of nitrogens with zero attached hydrogens (tertiary/aromatic N) is 2. The molecule has 0 bridgehead atoms. The van der Waals surface area contributed by atoms with Crippen molar-refractivity contribution in [3.05, 3.63) is 32.7 Å². The number of aromatic nitrogens is 2. The first kappa shape index (κ1) is 15.9. The molecule has 7 heteroatoms. The minimum atomic E-state index is 0.681. The zero-order valence-electron chi connectivity index (χ0n) is 11.0. The quantitative estimate of drug-likeness (QED) is 0.752. The van der Waals surface area contributed by atoms with E-state index in [4.69, 9.17) is 16.3 Å². The van der Waals surface area contributed by atoms with Crippen molar-refractivity contribution in [2.24, 2.45) is 0 Å². The molecule has 2 rings (SSSR count). The molecule has 4 nitrogen and oxygen atoms in total. The molecule has 108 valence electrons. The van der Waals surface area contributed by atoms with E-state index in [1.807, 2.05) is 18.2 Å². The van der Waals surface area contributed by atoms with Crippen LogP contribution in [0.1, 0.15) is 5.01 Å². The molecule has 0 spiro atoms. The lowest BCUT2D eigenvalue weighted by molar-refractivity contribution is 0.199. The van der Waals surface area contributed by atoms with E-state index in [0.29, 0.717) is 5.02 Å². The smallest absolute Gasteiger partial charge is 0.147 e. The molecule has 0 unspecified atom stereocenters. The number of hydrogen-bond donors (Lipinski definition) is 1. The summed E-state index contributed by atoms with van der Waals surface area (Å²) in [5.41, 5.74) is 0.995. The van der Waals surface area contributed by atoms with E-state index < -0.39 is 0 Å². The second-order valence-corrected chi connectivity index (χ2v) is 6.45. The number of hydrogen-bond acceptors (Lipinski definition) is 5. The lowest BCUT2D eigenvalue weighted by Crippen LogP contribution is -2.21. The van der Waals surface area contributed by atoms with Crippen LogP contribution in [0.25, 0.3) is 10.6 Å². The summed E-state index contributed by atoms with van der Waals surface area (Å²) in [4.78, 5) is 0. The Hall–Kier alpha value is -0.530. The number of benzene rings is 1. The third-order valence-electron chi connectivity index (χ3n) is 2.63. The Bertz CT molecular complexity index is 564. The molecule has 20 heavy (non-hydrogen) atoms. The summed E-state index contributed by atoms with van der Waals surface area (Å²) in [7, 11) is 1.70. The Labute approximate surface area is 135 Å². The molecular formula is C13H15BrClN3OS.